The number of rotatable bonds is 3. The Kier molecular flexibility index (Phi) is 5.27. The maximum Gasteiger partial charge on any atom is 0.228 e. The zero-order chi connectivity index (χ0) is 18.8. The maximum absolute atomic E-state index is 13.4. The van der Waals surface area contributed by atoms with Crippen LogP contribution in [0, 0.1) is 12.8 Å². The van der Waals surface area contributed by atoms with Crippen molar-refractivity contribution in [2.45, 2.75) is 25.8 Å². The van der Waals surface area contributed by atoms with Gasteiger partial charge in [0.15, 0.2) is 0 Å². The number of piperazine rings is 1. The number of carbonyl (C=O) groups is 2. The van der Waals surface area contributed by atoms with Crippen molar-refractivity contribution in [1.82, 2.24) is 10.2 Å². The normalized spacial score (nSPS) is 23.5. The Morgan fingerprint density at radius 1 is 1.15 bits per heavy atom. The van der Waals surface area contributed by atoms with Gasteiger partial charge in [-0.1, -0.05) is 23.8 Å². The van der Waals surface area contributed by atoms with Gasteiger partial charge in [-0.05, 0) is 36.9 Å². The van der Waals surface area contributed by atoms with Crippen molar-refractivity contribution in [3.05, 3.63) is 52.2 Å². The monoisotopic (exact) mass is 383 g/mol. The molecule has 2 aromatic rings. The van der Waals surface area contributed by atoms with Crippen molar-refractivity contribution in [2.75, 3.05) is 31.1 Å². The highest BCUT2D eigenvalue weighted by Crippen LogP contribution is 2.42. The number of carbonyl (C=O) groups excluding carboxylic acids is 2. The summed E-state index contributed by atoms with van der Waals surface area (Å²) in [5.74, 6) is 0.0851. The molecule has 1 aromatic heterocycles. The highest BCUT2D eigenvalue weighted by atomic mass is 32.1. The number of aryl methyl sites for hydroxylation is 1. The molecule has 2 fully saturated rings. The lowest BCUT2D eigenvalue weighted by molar-refractivity contribution is -0.138. The van der Waals surface area contributed by atoms with Gasteiger partial charge in [-0.15, -0.1) is 11.3 Å². The van der Waals surface area contributed by atoms with E-state index in [-0.39, 0.29) is 23.8 Å². The van der Waals surface area contributed by atoms with Crippen LogP contribution < -0.4 is 10.2 Å². The third-order valence-corrected chi connectivity index (χ3v) is 6.43. The van der Waals surface area contributed by atoms with Gasteiger partial charge in [-0.2, -0.15) is 0 Å². The standard InChI is InChI=1S/C21H25N3O2S/c1-15-4-6-16(7-5-15)24-19(25)9-8-17(20(24)18-3-2-14-27-18)21(26)23-12-10-22-11-13-23/h2-7,14,17,20,22H,8-13H2,1H3. The van der Waals surface area contributed by atoms with E-state index in [1.165, 1.54) is 0 Å². The molecule has 6 heteroatoms. The lowest BCUT2D eigenvalue weighted by Crippen LogP contribution is -2.53. The van der Waals surface area contributed by atoms with Crippen LogP contribution in [-0.2, 0) is 9.59 Å². The van der Waals surface area contributed by atoms with Gasteiger partial charge in [0.05, 0.1) is 12.0 Å². The fourth-order valence-electron chi connectivity index (χ4n) is 4.07. The smallest absolute Gasteiger partial charge is 0.228 e. The summed E-state index contributed by atoms with van der Waals surface area (Å²) in [4.78, 5) is 31.2. The molecule has 0 saturated carbocycles. The molecular formula is C21H25N3O2S. The van der Waals surface area contributed by atoms with E-state index in [2.05, 4.69) is 5.32 Å². The van der Waals surface area contributed by atoms with Gasteiger partial charge in [0.2, 0.25) is 11.8 Å². The van der Waals surface area contributed by atoms with E-state index in [0.717, 1.165) is 42.3 Å². The molecule has 2 aliphatic rings. The van der Waals surface area contributed by atoms with Crippen molar-refractivity contribution in [2.24, 2.45) is 5.92 Å². The number of nitrogens with zero attached hydrogens (tertiary/aromatic N) is 2. The zero-order valence-electron chi connectivity index (χ0n) is 15.6. The second-order valence-corrected chi connectivity index (χ2v) is 8.26. The van der Waals surface area contributed by atoms with Crippen molar-refractivity contribution >= 4 is 28.8 Å². The topological polar surface area (TPSA) is 52.7 Å². The molecule has 4 rings (SSSR count). The molecule has 0 radical (unpaired) electrons. The predicted octanol–water partition coefficient (Wildman–Crippen LogP) is 2.97. The number of thiophene rings is 1. The van der Waals surface area contributed by atoms with Gasteiger partial charge >= 0.3 is 0 Å². The molecule has 2 unspecified atom stereocenters. The molecule has 2 atom stereocenters. The summed E-state index contributed by atoms with van der Waals surface area (Å²) in [5.41, 5.74) is 2.03. The van der Waals surface area contributed by atoms with E-state index in [0.29, 0.717) is 12.8 Å². The fourth-order valence-corrected chi connectivity index (χ4v) is 4.95. The Bertz CT molecular complexity index is 797. The number of piperidine rings is 1. The van der Waals surface area contributed by atoms with Crippen LogP contribution in [0.2, 0.25) is 0 Å². The number of nitrogens with one attached hydrogen (secondary N) is 1. The molecule has 142 valence electrons. The van der Waals surface area contributed by atoms with Gasteiger partial charge < -0.3 is 15.1 Å². The first kappa shape index (κ1) is 18.2. The van der Waals surface area contributed by atoms with Crippen molar-refractivity contribution < 1.29 is 9.59 Å². The Labute approximate surface area is 164 Å². The highest BCUT2D eigenvalue weighted by molar-refractivity contribution is 7.10. The molecule has 5 nitrogen and oxygen atoms in total. The number of amides is 2. The minimum Gasteiger partial charge on any atom is -0.340 e. The van der Waals surface area contributed by atoms with Crippen LogP contribution in [0.25, 0.3) is 0 Å². The average Bonchev–Trinajstić information content (AvgIpc) is 3.23. The van der Waals surface area contributed by atoms with Gasteiger partial charge in [0.1, 0.15) is 0 Å². The van der Waals surface area contributed by atoms with E-state index in [9.17, 15) is 9.59 Å². The van der Waals surface area contributed by atoms with Gasteiger partial charge in [0, 0.05) is 43.2 Å². The third-order valence-electron chi connectivity index (χ3n) is 5.49. The SMILES string of the molecule is Cc1ccc(N2C(=O)CCC(C(=O)N3CCNCC3)C2c2cccs2)cc1. The minimum absolute atomic E-state index is 0.0987. The Morgan fingerprint density at radius 3 is 2.56 bits per heavy atom. The number of anilines is 1. The van der Waals surface area contributed by atoms with E-state index in [1.807, 2.05) is 58.5 Å². The third kappa shape index (κ3) is 3.64. The Hall–Kier alpha value is -2.18. The molecule has 3 heterocycles. The first-order valence-electron chi connectivity index (χ1n) is 9.57. The van der Waals surface area contributed by atoms with Gasteiger partial charge in [-0.3, -0.25) is 9.59 Å². The number of hydrogen-bond donors (Lipinski definition) is 1. The molecule has 2 aliphatic heterocycles. The van der Waals surface area contributed by atoms with E-state index >= 15 is 0 Å². The lowest BCUT2D eigenvalue weighted by Gasteiger charge is -2.42. The molecule has 2 amide bonds. The maximum atomic E-state index is 13.4. The molecular weight excluding hydrogens is 358 g/mol. The summed E-state index contributed by atoms with van der Waals surface area (Å²) >= 11 is 1.62. The summed E-state index contributed by atoms with van der Waals surface area (Å²) in [7, 11) is 0. The average molecular weight is 384 g/mol. The quantitative estimate of drug-likeness (QED) is 0.887. The molecule has 1 N–H and O–H groups in total. The predicted molar refractivity (Wildman–Crippen MR) is 108 cm³/mol. The van der Waals surface area contributed by atoms with Gasteiger partial charge in [0.25, 0.3) is 0 Å². The minimum atomic E-state index is -0.226. The van der Waals surface area contributed by atoms with Crippen LogP contribution >= 0.6 is 11.3 Å². The fraction of sp³-hybridized carbons (Fsp3) is 0.429. The summed E-state index contributed by atoms with van der Waals surface area (Å²) in [6.07, 6.45) is 1.03. The van der Waals surface area contributed by atoms with Crippen molar-refractivity contribution in [3.63, 3.8) is 0 Å². The first-order chi connectivity index (χ1) is 13.1. The van der Waals surface area contributed by atoms with Crippen LogP contribution in [0.4, 0.5) is 5.69 Å². The van der Waals surface area contributed by atoms with E-state index < -0.39 is 0 Å². The number of benzene rings is 1. The summed E-state index contributed by atoms with van der Waals surface area (Å²) in [6, 6.07) is 11.9. The van der Waals surface area contributed by atoms with Crippen LogP contribution in [0.3, 0.4) is 0 Å². The molecule has 0 aliphatic carbocycles. The van der Waals surface area contributed by atoms with Gasteiger partial charge in [-0.25, -0.2) is 0 Å². The van der Waals surface area contributed by atoms with Crippen LogP contribution in [-0.4, -0.2) is 42.9 Å². The molecule has 0 spiro atoms. The molecule has 0 bridgehead atoms. The Morgan fingerprint density at radius 2 is 1.89 bits per heavy atom. The number of hydrogen-bond acceptors (Lipinski definition) is 4. The van der Waals surface area contributed by atoms with E-state index in [1.54, 1.807) is 11.3 Å². The molecule has 2 saturated heterocycles. The van der Waals surface area contributed by atoms with Crippen molar-refractivity contribution in [3.8, 4) is 0 Å². The van der Waals surface area contributed by atoms with Crippen LogP contribution in [0.1, 0.15) is 29.3 Å². The summed E-state index contributed by atoms with van der Waals surface area (Å²) in [6.45, 7) is 5.19. The largest absolute Gasteiger partial charge is 0.340 e. The summed E-state index contributed by atoms with van der Waals surface area (Å²) < 4.78 is 0. The molecule has 1 aromatic carbocycles. The summed E-state index contributed by atoms with van der Waals surface area (Å²) in [5, 5.41) is 5.32. The Balaban J connectivity index is 1.71. The molecule has 27 heavy (non-hydrogen) atoms. The first-order valence-corrected chi connectivity index (χ1v) is 10.4. The van der Waals surface area contributed by atoms with Crippen molar-refractivity contribution in [1.29, 1.82) is 0 Å². The van der Waals surface area contributed by atoms with Crippen LogP contribution in [0.15, 0.2) is 41.8 Å². The zero-order valence-corrected chi connectivity index (χ0v) is 16.4. The highest BCUT2D eigenvalue weighted by Gasteiger charge is 2.43. The van der Waals surface area contributed by atoms with E-state index in [4.69, 9.17) is 0 Å². The second-order valence-electron chi connectivity index (χ2n) is 7.28. The van der Waals surface area contributed by atoms with Crippen LogP contribution in [0.5, 0.6) is 0 Å². The second kappa shape index (κ2) is 7.82. The lowest BCUT2D eigenvalue weighted by atomic mass is 9.85.